The first kappa shape index (κ1) is 16.0. The van der Waals surface area contributed by atoms with Gasteiger partial charge in [0.05, 0.1) is 6.61 Å². The van der Waals surface area contributed by atoms with Crippen LogP contribution in [0.15, 0.2) is 18.2 Å². The highest BCUT2D eigenvalue weighted by molar-refractivity contribution is 5.38. The summed E-state index contributed by atoms with van der Waals surface area (Å²) in [6.45, 7) is 11.6. The minimum atomic E-state index is 0.312. The van der Waals surface area contributed by atoms with Gasteiger partial charge < -0.3 is 14.8 Å². The van der Waals surface area contributed by atoms with Crippen LogP contribution in [0.25, 0.3) is 0 Å². The van der Waals surface area contributed by atoms with Crippen molar-refractivity contribution in [2.24, 2.45) is 0 Å². The van der Waals surface area contributed by atoms with Gasteiger partial charge in [0.15, 0.2) is 0 Å². The van der Waals surface area contributed by atoms with Crippen molar-refractivity contribution in [1.82, 2.24) is 5.32 Å². The molecule has 0 fully saturated rings. The van der Waals surface area contributed by atoms with Crippen LogP contribution in [0.1, 0.15) is 44.4 Å². The zero-order valence-electron chi connectivity index (χ0n) is 12.7. The Morgan fingerprint density at radius 1 is 1.21 bits per heavy atom. The second-order valence-corrected chi connectivity index (χ2v) is 4.72. The quantitative estimate of drug-likeness (QED) is 0.693. The molecule has 0 amide bonds. The Morgan fingerprint density at radius 3 is 2.68 bits per heavy atom. The van der Waals surface area contributed by atoms with Crippen LogP contribution in [0.2, 0.25) is 0 Å². The lowest BCUT2D eigenvalue weighted by Gasteiger charge is -2.18. The first-order valence-corrected chi connectivity index (χ1v) is 7.23. The molecule has 3 nitrogen and oxygen atoms in total. The van der Waals surface area contributed by atoms with Crippen molar-refractivity contribution in [3.8, 4) is 5.75 Å². The van der Waals surface area contributed by atoms with E-state index in [0.717, 1.165) is 31.9 Å². The van der Waals surface area contributed by atoms with Gasteiger partial charge in [-0.3, -0.25) is 0 Å². The van der Waals surface area contributed by atoms with Crippen molar-refractivity contribution in [2.75, 3.05) is 26.4 Å². The summed E-state index contributed by atoms with van der Waals surface area (Å²) in [5.41, 5.74) is 2.50. The van der Waals surface area contributed by atoms with Gasteiger partial charge in [-0.25, -0.2) is 0 Å². The molecule has 1 atom stereocenters. The Balaban J connectivity index is 2.60. The molecule has 108 valence electrons. The lowest BCUT2D eigenvalue weighted by Crippen LogP contribution is -2.19. The van der Waals surface area contributed by atoms with E-state index < -0.39 is 0 Å². The molecule has 0 aromatic heterocycles. The molecule has 0 aliphatic carbocycles. The molecular weight excluding hydrogens is 238 g/mol. The van der Waals surface area contributed by atoms with Gasteiger partial charge in [-0.1, -0.05) is 24.6 Å². The Bertz CT molecular complexity index is 366. The predicted molar refractivity (Wildman–Crippen MR) is 79.9 cm³/mol. The molecule has 0 radical (unpaired) electrons. The summed E-state index contributed by atoms with van der Waals surface area (Å²) in [5, 5.41) is 3.44. The summed E-state index contributed by atoms with van der Waals surface area (Å²) in [6.07, 6.45) is 0.927. The van der Waals surface area contributed by atoms with E-state index in [1.807, 2.05) is 6.92 Å². The van der Waals surface area contributed by atoms with Crippen molar-refractivity contribution < 1.29 is 9.47 Å². The molecule has 1 unspecified atom stereocenters. The Morgan fingerprint density at radius 2 is 2.00 bits per heavy atom. The summed E-state index contributed by atoms with van der Waals surface area (Å²) < 4.78 is 11.2. The van der Waals surface area contributed by atoms with Gasteiger partial charge in [-0.05, 0) is 33.4 Å². The van der Waals surface area contributed by atoms with Gasteiger partial charge in [0, 0.05) is 31.2 Å². The molecule has 0 spiro atoms. The van der Waals surface area contributed by atoms with Crippen LogP contribution in [-0.2, 0) is 4.74 Å². The Labute approximate surface area is 117 Å². The molecule has 0 aliphatic rings. The number of nitrogens with one attached hydrogen (secondary N) is 1. The third kappa shape index (κ3) is 5.62. The zero-order chi connectivity index (χ0) is 14.1. The first-order chi connectivity index (χ1) is 9.19. The van der Waals surface area contributed by atoms with Gasteiger partial charge >= 0.3 is 0 Å². The third-order valence-corrected chi connectivity index (χ3v) is 3.04. The van der Waals surface area contributed by atoms with Gasteiger partial charge in [-0.15, -0.1) is 0 Å². The summed E-state index contributed by atoms with van der Waals surface area (Å²) in [6, 6.07) is 6.68. The number of aryl methyl sites for hydroxylation is 1. The van der Waals surface area contributed by atoms with E-state index in [1.54, 1.807) is 0 Å². The molecule has 0 saturated heterocycles. The molecule has 1 aromatic carbocycles. The van der Waals surface area contributed by atoms with E-state index >= 15 is 0 Å². The molecule has 0 saturated carbocycles. The third-order valence-electron chi connectivity index (χ3n) is 3.04. The van der Waals surface area contributed by atoms with E-state index in [4.69, 9.17) is 9.47 Å². The van der Waals surface area contributed by atoms with Crippen LogP contribution < -0.4 is 10.1 Å². The largest absolute Gasteiger partial charge is 0.493 e. The van der Waals surface area contributed by atoms with Crippen LogP contribution in [0.5, 0.6) is 5.75 Å². The number of rotatable bonds is 9. The number of hydrogen-bond acceptors (Lipinski definition) is 3. The van der Waals surface area contributed by atoms with E-state index in [9.17, 15) is 0 Å². The zero-order valence-corrected chi connectivity index (χ0v) is 12.7. The highest BCUT2D eigenvalue weighted by Gasteiger charge is 2.11. The Kier molecular flexibility index (Phi) is 7.53. The Hall–Kier alpha value is -1.06. The fourth-order valence-electron chi connectivity index (χ4n) is 2.04. The van der Waals surface area contributed by atoms with Crippen molar-refractivity contribution in [3.63, 3.8) is 0 Å². The standard InChI is InChI=1S/C16H27NO2/c1-5-17-14(4)15-12-13(3)8-9-16(15)19-11-7-10-18-6-2/h8-9,12,14,17H,5-7,10-11H2,1-4H3. The molecule has 1 N–H and O–H groups in total. The van der Waals surface area contributed by atoms with Gasteiger partial charge in [-0.2, -0.15) is 0 Å². The first-order valence-electron chi connectivity index (χ1n) is 7.23. The molecule has 1 rings (SSSR count). The van der Waals surface area contributed by atoms with Crippen molar-refractivity contribution in [1.29, 1.82) is 0 Å². The minimum absolute atomic E-state index is 0.312. The fraction of sp³-hybridized carbons (Fsp3) is 0.625. The van der Waals surface area contributed by atoms with Gasteiger partial charge in [0.25, 0.3) is 0 Å². The molecular formula is C16H27NO2. The highest BCUT2D eigenvalue weighted by atomic mass is 16.5. The minimum Gasteiger partial charge on any atom is -0.493 e. The predicted octanol–water partition coefficient (Wildman–Crippen LogP) is 3.47. The van der Waals surface area contributed by atoms with Crippen LogP contribution >= 0.6 is 0 Å². The average Bonchev–Trinajstić information content (AvgIpc) is 2.40. The SMILES string of the molecule is CCNC(C)c1cc(C)ccc1OCCCOCC. The maximum atomic E-state index is 5.89. The normalized spacial score (nSPS) is 12.4. The van der Waals surface area contributed by atoms with Crippen LogP contribution in [0.4, 0.5) is 0 Å². The smallest absolute Gasteiger partial charge is 0.124 e. The maximum absolute atomic E-state index is 5.89. The summed E-state index contributed by atoms with van der Waals surface area (Å²) in [4.78, 5) is 0. The van der Waals surface area contributed by atoms with Crippen molar-refractivity contribution >= 4 is 0 Å². The van der Waals surface area contributed by atoms with Crippen molar-refractivity contribution in [3.05, 3.63) is 29.3 Å². The van der Waals surface area contributed by atoms with Gasteiger partial charge in [0.2, 0.25) is 0 Å². The number of hydrogen-bond donors (Lipinski definition) is 1. The fourth-order valence-corrected chi connectivity index (χ4v) is 2.04. The second kappa shape index (κ2) is 8.94. The molecule has 0 heterocycles. The van der Waals surface area contributed by atoms with E-state index in [1.165, 1.54) is 11.1 Å². The van der Waals surface area contributed by atoms with Crippen LogP contribution in [-0.4, -0.2) is 26.4 Å². The topological polar surface area (TPSA) is 30.5 Å². The molecule has 1 aromatic rings. The van der Waals surface area contributed by atoms with Crippen molar-refractivity contribution in [2.45, 2.75) is 40.2 Å². The average molecular weight is 265 g/mol. The van der Waals surface area contributed by atoms with E-state index in [2.05, 4.69) is 44.3 Å². The number of ether oxygens (including phenoxy) is 2. The number of benzene rings is 1. The van der Waals surface area contributed by atoms with Gasteiger partial charge in [0.1, 0.15) is 5.75 Å². The molecule has 0 bridgehead atoms. The van der Waals surface area contributed by atoms with Crippen LogP contribution in [0, 0.1) is 6.92 Å². The van der Waals surface area contributed by atoms with E-state index in [-0.39, 0.29) is 0 Å². The lowest BCUT2D eigenvalue weighted by atomic mass is 10.0. The lowest BCUT2D eigenvalue weighted by molar-refractivity contribution is 0.130. The van der Waals surface area contributed by atoms with E-state index in [0.29, 0.717) is 12.6 Å². The molecule has 19 heavy (non-hydrogen) atoms. The second-order valence-electron chi connectivity index (χ2n) is 4.72. The maximum Gasteiger partial charge on any atom is 0.124 e. The summed E-state index contributed by atoms with van der Waals surface area (Å²) in [7, 11) is 0. The monoisotopic (exact) mass is 265 g/mol. The highest BCUT2D eigenvalue weighted by Crippen LogP contribution is 2.26. The molecule has 0 aliphatic heterocycles. The molecule has 3 heteroatoms. The summed E-state index contributed by atoms with van der Waals surface area (Å²) >= 11 is 0. The summed E-state index contributed by atoms with van der Waals surface area (Å²) in [5.74, 6) is 0.982. The van der Waals surface area contributed by atoms with Crippen LogP contribution in [0.3, 0.4) is 0 Å².